The molecule has 0 aliphatic carbocycles. The van der Waals surface area contributed by atoms with Crippen molar-refractivity contribution in [2.45, 2.75) is 25.3 Å². The molecule has 3 aromatic rings. The van der Waals surface area contributed by atoms with Crippen molar-refractivity contribution >= 4 is 27.5 Å². The highest BCUT2D eigenvalue weighted by Crippen LogP contribution is 2.27. The lowest BCUT2D eigenvalue weighted by atomic mass is 10.00. The fourth-order valence-electron chi connectivity index (χ4n) is 4.13. The fraction of sp³-hybridized carbons (Fsp3) is 0.500. The van der Waals surface area contributed by atoms with Gasteiger partial charge in [-0.2, -0.15) is 0 Å². The zero-order chi connectivity index (χ0) is 16.8. The summed E-state index contributed by atoms with van der Waals surface area (Å²) in [7, 11) is 2.05. The molecule has 0 aromatic carbocycles. The van der Waals surface area contributed by atoms with E-state index in [4.69, 9.17) is 4.98 Å². The number of fused-ring (bicyclic) bond motifs is 2. The monoisotopic (exact) mass is 354 g/mol. The predicted octanol–water partition coefficient (Wildman–Crippen LogP) is 2.77. The first-order valence-electron chi connectivity index (χ1n) is 9.02. The molecule has 0 radical (unpaired) electrons. The molecule has 1 unspecified atom stereocenters. The lowest BCUT2D eigenvalue weighted by molar-refractivity contribution is 0.132. The molecule has 130 valence electrons. The van der Waals surface area contributed by atoms with Crippen LogP contribution in [-0.4, -0.2) is 56.9 Å². The Labute approximate surface area is 151 Å². The number of aromatic nitrogens is 4. The summed E-state index contributed by atoms with van der Waals surface area (Å²) in [5.74, 6) is 1.81. The van der Waals surface area contributed by atoms with Gasteiger partial charge in [-0.05, 0) is 43.0 Å². The van der Waals surface area contributed by atoms with Gasteiger partial charge >= 0.3 is 0 Å². The van der Waals surface area contributed by atoms with Crippen LogP contribution in [-0.2, 0) is 7.05 Å². The molecule has 0 spiro atoms. The van der Waals surface area contributed by atoms with E-state index in [0.717, 1.165) is 42.6 Å². The summed E-state index contributed by atoms with van der Waals surface area (Å²) in [4.78, 5) is 9.79. The second-order valence-electron chi connectivity index (χ2n) is 7.01. The molecule has 5 heterocycles. The molecule has 2 fully saturated rings. The van der Waals surface area contributed by atoms with E-state index in [1.807, 2.05) is 6.07 Å². The molecule has 2 aliphatic rings. The van der Waals surface area contributed by atoms with Crippen molar-refractivity contribution < 1.29 is 0 Å². The highest BCUT2D eigenvalue weighted by molar-refractivity contribution is 7.17. The molecule has 25 heavy (non-hydrogen) atoms. The van der Waals surface area contributed by atoms with Gasteiger partial charge in [-0.25, -0.2) is 4.98 Å². The van der Waals surface area contributed by atoms with E-state index in [0.29, 0.717) is 6.04 Å². The number of pyridine rings is 1. The van der Waals surface area contributed by atoms with E-state index in [1.54, 1.807) is 11.3 Å². The highest BCUT2D eigenvalue weighted by atomic mass is 32.1. The Kier molecular flexibility index (Phi) is 3.71. The second-order valence-corrected chi connectivity index (χ2v) is 7.96. The van der Waals surface area contributed by atoms with Crippen LogP contribution in [0, 0.1) is 0 Å². The second kappa shape index (κ2) is 6.07. The largest absolute Gasteiger partial charge is 0.338 e. The Morgan fingerprint density at radius 3 is 3.00 bits per heavy atom. The van der Waals surface area contributed by atoms with Crippen LogP contribution >= 0.6 is 11.3 Å². The van der Waals surface area contributed by atoms with Gasteiger partial charge in [-0.1, -0.05) is 6.42 Å². The van der Waals surface area contributed by atoms with Crippen LogP contribution in [0.5, 0.6) is 0 Å². The summed E-state index contributed by atoms with van der Waals surface area (Å²) in [6.07, 6.45) is 4.00. The van der Waals surface area contributed by atoms with Crippen molar-refractivity contribution in [2.24, 2.45) is 7.05 Å². The van der Waals surface area contributed by atoms with Crippen LogP contribution in [0.4, 0.5) is 5.95 Å². The molecule has 5 rings (SSSR count). The lowest BCUT2D eigenvalue weighted by Gasteiger charge is -2.44. The van der Waals surface area contributed by atoms with Gasteiger partial charge in [0, 0.05) is 32.7 Å². The predicted molar refractivity (Wildman–Crippen MR) is 101 cm³/mol. The van der Waals surface area contributed by atoms with Crippen LogP contribution in [0.1, 0.15) is 19.3 Å². The number of piperidine rings is 1. The van der Waals surface area contributed by atoms with Gasteiger partial charge in [0.05, 0.1) is 10.2 Å². The zero-order valence-corrected chi connectivity index (χ0v) is 15.2. The fourth-order valence-corrected chi connectivity index (χ4v) is 4.86. The lowest BCUT2D eigenvalue weighted by Crippen LogP contribution is -2.55. The molecule has 0 bridgehead atoms. The van der Waals surface area contributed by atoms with Crippen LogP contribution in [0.2, 0.25) is 0 Å². The number of thiophene rings is 1. The first-order valence-corrected chi connectivity index (χ1v) is 9.90. The molecule has 2 aliphatic heterocycles. The molecule has 3 aromatic heterocycles. The Balaban J connectivity index is 1.44. The number of anilines is 1. The maximum absolute atomic E-state index is 4.75. The average molecular weight is 354 g/mol. The molecular formula is C18H22N6S. The van der Waals surface area contributed by atoms with Crippen molar-refractivity contribution in [1.82, 2.24) is 24.6 Å². The van der Waals surface area contributed by atoms with Crippen LogP contribution in [0.3, 0.4) is 0 Å². The summed E-state index contributed by atoms with van der Waals surface area (Å²) in [6, 6.07) is 6.90. The summed E-state index contributed by atoms with van der Waals surface area (Å²) < 4.78 is 3.30. The minimum Gasteiger partial charge on any atom is -0.338 e. The Morgan fingerprint density at radius 1 is 1.08 bits per heavy atom. The van der Waals surface area contributed by atoms with Crippen LogP contribution in [0.25, 0.3) is 21.7 Å². The van der Waals surface area contributed by atoms with Gasteiger partial charge in [0.2, 0.25) is 5.95 Å². The summed E-state index contributed by atoms with van der Waals surface area (Å²) in [6.45, 7) is 4.47. The minimum atomic E-state index is 0.669. The van der Waals surface area contributed by atoms with Gasteiger partial charge in [-0.3, -0.25) is 9.47 Å². The average Bonchev–Trinajstić information content (AvgIpc) is 3.27. The molecule has 6 nitrogen and oxygen atoms in total. The number of hydrogen-bond acceptors (Lipinski definition) is 6. The number of piperazine rings is 1. The van der Waals surface area contributed by atoms with Gasteiger partial charge < -0.3 is 4.90 Å². The maximum atomic E-state index is 4.75. The number of rotatable bonds is 2. The molecule has 7 heteroatoms. The van der Waals surface area contributed by atoms with Gasteiger partial charge in [0.15, 0.2) is 5.82 Å². The third-order valence-corrected chi connectivity index (χ3v) is 6.38. The van der Waals surface area contributed by atoms with Gasteiger partial charge in [-0.15, -0.1) is 21.5 Å². The van der Waals surface area contributed by atoms with Crippen molar-refractivity contribution in [3.05, 3.63) is 23.6 Å². The summed E-state index contributed by atoms with van der Waals surface area (Å²) in [5.41, 5.74) is 1.92. The van der Waals surface area contributed by atoms with Crippen molar-refractivity contribution in [3.63, 3.8) is 0 Å². The van der Waals surface area contributed by atoms with Crippen molar-refractivity contribution in [1.29, 1.82) is 0 Å². The first kappa shape index (κ1) is 15.3. The topological polar surface area (TPSA) is 50.1 Å². The van der Waals surface area contributed by atoms with E-state index < -0.39 is 0 Å². The smallest absolute Gasteiger partial charge is 0.227 e. The molecule has 0 saturated carbocycles. The Bertz CT molecular complexity index is 900. The molecule has 0 amide bonds. The third kappa shape index (κ3) is 2.62. The summed E-state index contributed by atoms with van der Waals surface area (Å²) in [5, 5.41) is 11.0. The number of nitrogens with zero attached hydrogens (tertiary/aromatic N) is 6. The normalized spacial score (nSPS) is 21.6. The van der Waals surface area contributed by atoms with E-state index in [2.05, 4.69) is 49.1 Å². The van der Waals surface area contributed by atoms with E-state index in [1.165, 1.54) is 30.5 Å². The molecular weight excluding hydrogens is 332 g/mol. The first-order chi connectivity index (χ1) is 12.3. The van der Waals surface area contributed by atoms with Gasteiger partial charge in [0.25, 0.3) is 0 Å². The van der Waals surface area contributed by atoms with Crippen molar-refractivity contribution in [3.8, 4) is 11.5 Å². The third-order valence-electron chi connectivity index (χ3n) is 5.51. The standard InChI is InChI=1S/C18H22N6S/c1-22-17(15-5-6-16-14(19-15)7-11-25-16)20-21-18(22)24-10-9-23-8-3-2-4-13(23)12-24/h5-7,11,13H,2-4,8-10,12H2,1H3. The van der Waals surface area contributed by atoms with Crippen LogP contribution < -0.4 is 4.90 Å². The SMILES string of the molecule is Cn1c(-c2ccc3sccc3n2)nnc1N1CCN2CCCCC2C1. The van der Waals surface area contributed by atoms with Crippen molar-refractivity contribution in [2.75, 3.05) is 31.1 Å². The zero-order valence-electron chi connectivity index (χ0n) is 14.4. The number of hydrogen-bond donors (Lipinski definition) is 0. The van der Waals surface area contributed by atoms with E-state index in [-0.39, 0.29) is 0 Å². The molecule has 0 N–H and O–H groups in total. The van der Waals surface area contributed by atoms with E-state index in [9.17, 15) is 0 Å². The quantitative estimate of drug-likeness (QED) is 0.708. The Morgan fingerprint density at radius 2 is 2.04 bits per heavy atom. The maximum Gasteiger partial charge on any atom is 0.227 e. The molecule has 2 saturated heterocycles. The molecule has 1 atom stereocenters. The minimum absolute atomic E-state index is 0.669. The highest BCUT2D eigenvalue weighted by Gasteiger charge is 2.31. The van der Waals surface area contributed by atoms with E-state index >= 15 is 0 Å². The Hall–Kier alpha value is -1.99. The summed E-state index contributed by atoms with van der Waals surface area (Å²) >= 11 is 1.72. The van der Waals surface area contributed by atoms with Crippen LogP contribution in [0.15, 0.2) is 23.6 Å². The van der Waals surface area contributed by atoms with Gasteiger partial charge in [0.1, 0.15) is 5.69 Å².